The molecule has 0 bridgehead atoms. The number of hydrogen-bond donors (Lipinski definition) is 1. The van der Waals surface area contributed by atoms with E-state index in [1.807, 2.05) is 18.2 Å². The number of fused-ring (bicyclic) bond motifs is 1. The van der Waals surface area contributed by atoms with E-state index in [4.69, 9.17) is 14.3 Å². The molecule has 0 amide bonds. The molecule has 2 rings (SSSR count). The Morgan fingerprint density at radius 2 is 2.20 bits per heavy atom. The maximum Gasteiger partial charge on any atom is 0.175 e. The average molecular weight is 206 g/mol. The summed E-state index contributed by atoms with van der Waals surface area (Å²) in [5, 5.41) is 9.87. The summed E-state index contributed by atoms with van der Waals surface area (Å²) in [5.41, 5.74) is 1.97. The molecule has 0 saturated carbocycles. The first-order valence-electron chi connectivity index (χ1n) is 5.00. The molecule has 15 heavy (non-hydrogen) atoms. The van der Waals surface area contributed by atoms with Gasteiger partial charge < -0.3 is 14.3 Å². The first-order chi connectivity index (χ1) is 7.36. The Kier molecular flexibility index (Phi) is 2.92. The topological polar surface area (TPSA) is 42.6 Å². The maximum absolute atomic E-state index is 8.80. The van der Waals surface area contributed by atoms with Crippen molar-refractivity contribution in [1.82, 2.24) is 0 Å². The molecule has 1 heterocycles. The molecular weight excluding hydrogens is 192 g/mol. The largest absolute Gasteiger partial charge is 0.493 e. The van der Waals surface area contributed by atoms with E-state index < -0.39 is 0 Å². The van der Waals surface area contributed by atoms with Crippen molar-refractivity contribution in [2.75, 3.05) is 13.7 Å². The highest BCUT2D eigenvalue weighted by molar-refractivity contribution is 5.86. The number of methoxy groups -OCH3 is 1. The van der Waals surface area contributed by atoms with Crippen LogP contribution in [0.25, 0.3) is 11.0 Å². The number of aliphatic hydroxyl groups is 1. The summed E-state index contributed by atoms with van der Waals surface area (Å²) in [6.45, 7) is 0.214. The molecule has 0 saturated heterocycles. The summed E-state index contributed by atoms with van der Waals surface area (Å²) >= 11 is 0. The zero-order valence-electron chi connectivity index (χ0n) is 8.69. The fourth-order valence-electron chi connectivity index (χ4n) is 1.74. The number of rotatable bonds is 4. The molecule has 1 aromatic carbocycles. The molecule has 1 aromatic heterocycles. The predicted octanol–water partition coefficient (Wildman–Crippen LogP) is 2.37. The van der Waals surface area contributed by atoms with Gasteiger partial charge in [0.1, 0.15) is 0 Å². The lowest BCUT2D eigenvalue weighted by Crippen LogP contribution is -1.91. The monoisotopic (exact) mass is 206 g/mol. The minimum atomic E-state index is 0.214. The van der Waals surface area contributed by atoms with Crippen LogP contribution in [-0.2, 0) is 6.42 Å². The number of benzene rings is 1. The van der Waals surface area contributed by atoms with Crippen LogP contribution in [0, 0.1) is 0 Å². The Balaban J connectivity index is 2.44. The van der Waals surface area contributed by atoms with Crippen molar-refractivity contribution in [1.29, 1.82) is 0 Å². The molecule has 0 fully saturated rings. The Morgan fingerprint density at radius 3 is 2.93 bits per heavy atom. The third-order valence-electron chi connectivity index (χ3n) is 2.50. The normalized spacial score (nSPS) is 10.8. The smallest absolute Gasteiger partial charge is 0.175 e. The summed E-state index contributed by atoms with van der Waals surface area (Å²) in [7, 11) is 1.63. The van der Waals surface area contributed by atoms with Crippen LogP contribution < -0.4 is 4.74 Å². The Labute approximate surface area is 88.3 Å². The van der Waals surface area contributed by atoms with E-state index >= 15 is 0 Å². The maximum atomic E-state index is 8.80. The number of hydrogen-bond acceptors (Lipinski definition) is 3. The van der Waals surface area contributed by atoms with Crippen molar-refractivity contribution in [3.63, 3.8) is 0 Å². The van der Waals surface area contributed by atoms with Gasteiger partial charge in [-0.2, -0.15) is 0 Å². The van der Waals surface area contributed by atoms with Crippen LogP contribution >= 0.6 is 0 Å². The van der Waals surface area contributed by atoms with Crippen LogP contribution in [0.3, 0.4) is 0 Å². The fraction of sp³-hybridized carbons (Fsp3) is 0.333. The molecule has 0 aliphatic rings. The van der Waals surface area contributed by atoms with Gasteiger partial charge >= 0.3 is 0 Å². The van der Waals surface area contributed by atoms with E-state index in [0.717, 1.165) is 29.6 Å². The van der Waals surface area contributed by atoms with Crippen LogP contribution in [0.5, 0.6) is 5.75 Å². The molecule has 1 N–H and O–H groups in total. The lowest BCUT2D eigenvalue weighted by Gasteiger charge is -2.05. The SMILES string of the molecule is COc1ccc(CCCO)c2ccoc12. The van der Waals surface area contributed by atoms with E-state index in [2.05, 4.69) is 0 Å². The van der Waals surface area contributed by atoms with Gasteiger partial charge in [-0.3, -0.25) is 0 Å². The van der Waals surface area contributed by atoms with Gasteiger partial charge in [-0.25, -0.2) is 0 Å². The molecule has 0 unspecified atom stereocenters. The lowest BCUT2D eigenvalue weighted by molar-refractivity contribution is 0.289. The molecule has 3 nitrogen and oxygen atoms in total. The summed E-state index contributed by atoms with van der Waals surface area (Å²) in [6.07, 6.45) is 3.29. The minimum Gasteiger partial charge on any atom is -0.493 e. The number of aliphatic hydroxyl groups excluding tert-OH is 1. The molecule has 0 spiro atoms. The van der Waals surface area contributed by atoms with E-state index in [9.17, 15) is 0 Å². The third-order valence-corrected chi connectivity index (χ3v) is 2.50. The van der Waals surface area contributed by atoms with Crippen LogP contribution in [0.2, 0.25) is 0 Å². The van der Waals surface area contributed by atoms with Gasteiger partial charge in [0, 0.05) is 12.0 Å². The molecule has 3 heteroatoms. The average Bonchev–Trinajstić information content (AvgIpc) is 2.74. The second-order valence-corrected chi connectivity index (χ2v) is 3.42. The van der Waals surface area contributed by atoms with Gasteiger partial charge in [-0.1, -0.05) is 6.07 Å². The van der Waals surface area contributed by atoms with Gasteiger partial charge in [-0.05, 0) is 30.5 Å². The second kappa shape index (κ2) is 4.36. The zero-order valence-corrected chi connectivity index (χ0v) is 8.69. The van der Waals surface area contributed by atoms with Crippen molar-refractivity contribution in [2.45, 2.75) is 12.8 Å². The lowest BCUT2D eigenvalue weighted by atomic mass is 10.1. The van der Waals surface area contributed by atoms with E-state index in [0.29, 0.717) is 0 Å². The molecule has 0 radical (unpaired) electrons. The third kappa shape index (κ3) is 1.83. The molecular formula is C12H14O3. The number of ether oxygens (including phenoxy) is 1. The van der Waals surface area contributed by atoms with Crippen molar-refractivity contribution in [2.24, 2.45) is 0 Å². The van der Waals surface area contributed by atoms with Crippen LogP contribution in [0.15, 0.2) is 28.9 Å². The molecule has 0 atom stereocenters. The van der Waals surface area contributed by atoms with Gasteiger partial charge in [0.25, 0.3) is 0 Å². The molecule has 0 aliphatic carbocycles. The Bertz CT molecular complexity index is 445. The highest BCUT2D eigenvalue weighted by atomic mass is 16.5. The summed E-state index contributed by atoms with van der Waals surface area (Å²) in [5.74, 6) is 0.753. The standard InChI is InChI=1S/C12H14O3/c1-14-11-5-4-9(3-2-7-13)10-6-8-15-12(10)11/h4-6,8,13H,2-3,7H2,1H3. The van der Waals surface area contributed by atoms with E-state index in [-0.39, 0.29) is 6.61 Å². The quantitative estimate of drug-likeness (QED) is 0.835. The van der Waals surface area contributed by atoms with Crippen molar-refractivity contribution in [3.8, 4) is 5.75 Å². The summed E-state index contributed by atoms with van der Waals surface area (Å²) in [4.78, 5) is 0. The van der Waals surface area contributed by atoms with Crippen molar-refractivity contribution < 1.29 is 14.3 Å². The van der Waals surface area contributed by atoms with Gasteiger partial charge in [-0.15, -0.1) is 0 Å². The first-order valence-corrected chi connectivity index (χ1v) is 5.00. The van der Waals surface area contributed by atoms with Gasteiger partial charge in [0.15, 0.2) is 11.3 Å². The fourth-order valence-corrected chi connectivity index (χ4v) is 1.74. The van der Waals surface area contributed by atoms with E-state index in [1.165, 1.54) is 5.56 Å². The molecule has 2 aromatic rings. The van der Waals surface area contributed by atoms with Crippen LogP contribution in [0.4, 0.5) is 0 Å². The predicted molar refractivity (Wildman–Crippen MR) is 58.2 cm³/mol. The Hall–Kier alpha value is -1.48. The summed E-state index contributed by atoms with van der Waals surface area (Å²) in [6, 6.07) is 5.86. The highest BCUT2D eigenvalue weighted by Crippen LogP contribution is 2.29. The minimum absolute atomic E-state index is 0.214. The summed E-state index contributed by atoms with van der Waals surface area (Å²) < 4.78 is 10.6. The molecule has 80 valence electrons. The Morgan fingerprint density at radius 1 is 1.33 bits per heavy atom. The zero-order chi connectivity index (χ0) is 10.7. The molecule has 0 aliphatic heterocycles. The number of furan rings is 1. The van der Waals surface area contributed by atoms with Crippen molar-refractivity contribution in [3.05, 3.63) is 30.0 Å². The van der Waals surface area contributed by atoms with E-state index in [1.54, 1.807) is 13.4 Å². The number of aryl methyl sites for hydroxylation is 1. The van der Waals surface area contributed by atoms with Crippen molar-refractivity contribution >= 4 is 11.0 Å². The second-order valence-electron chi connectivity index (χ2n) is 3.42. The van der Waals surface area contributed by atoms with Crippen LogP contribution in [-0.4, -0.2) is 18.8 Å². The van der Waals surface area contributed by atoms with Gasteiger partial charge in [0.05, 0.1) is 13.4 Å². The first kappa shape index (κ1) is 10.1. The highest BCUT2D eigenvalue weighted by Gasteiger charge is 2.08. The van der Waals surface area contributed by atoms with Gasteiger partial charge in [0.2, 0.25) is 0 Å². The van der Waals surface area contributed by atoms with Crippen LogP contribution in [0.1, 0.15) is 12.0 Å².